The van der Waals surface area contributed by atoms with Gasteiger partial charge in [0.2, 0.25) is 0 Å². The summed E-state index contributed by atoms with van der Waals surface area (Å²) in [5, 5.41) is 10.9. The summed E-state index contributed by atoms with van der Waals surface area (Å²) in [6.07, 6.45) is 3.68. The summed E-state index contributed by atoms with van der Waals surface area (Å²) in [4.78, 5) is 22.3. The molecule has 2 aliphatic rings. The van der Waals surface area contributed by atoms with Crippen LogP contribution in [0.2, 0.25) is 0 Å². The highest BCUT2D eigenvalue weighted by Crippen LogP contribution is 2.52. The molecular weight excluding hydrogens is 312 g/mol. The van der Waals surface area contributed by atoms with E-state index in [1.165, 1.54) is 12.6 Å². The van der Waals surface area contributed by atoms with Crippen molar-refractivity contribution in [2.45, 2.75) is 32.6 Å². The molecule has 0 aromatic carbocycles. The zero-order valence-corrected chi connectivity index (χ0v) is 14.2. The van der Waals surface area contributed by atoms with Crippen LogP contribution in [0.3, 0.4) is 0 Å². The number of amides is 1. The number of aryl methyl sites for hydroxylation is 2. The lowest BCUT2D eigenvalue weighted by molar-refractivity contribution is -0.140. The third kappa shape index (κ3) is 3.85. The van der Waals surface area contributed by atoms with Crippen molar-refractivity contribution < 1.29 is 19.1 Å². The molecule has 1 heterocycles. The number of ether oxygens (including phenoxy) is 2. The fourth-order valence-corrected chi connectivity index (χ4v) is 3.73. The molecule has 8 heteroatoms. The highest BCUT2D eigenvalue weighted by Gasteiger charge is 2.50. The molecule has 3 atom stereocenters. The Bertz CT molecular complexity index is 615. The van der Waals surface area contributed by atoms with Crippen molar-refractivity contribution in [1.82, 2.24) is 20.3 Å². The van der Waals surface area contributed by atoms with E-state index in [0.717, 1.165) is 31.4 Å². The van der Waals surface area contributed by atoms with E-state index in [0.29, 0.717) is 24.4 Å². The van der Waals surface area contributed by atoms with E-state index >= 15 is 0 Å². The van der Waals surface area contributed by atoms with E-state index in [2.05, 4.69) is 15.6 Å². The Kier molecular flexibility index (Phi) is 5.01. The molecule has 1 N–H and O–H groups in total. The number of rotatable bonds is 5. The molecule has 3 rings (SSSR count). The molecule has 0 aliphatic heterocycles. The summed E-state index contributed by atoms with van der Waals surface area (Å²) >= 11 is 0. The lowest BCUT2D eigenvalue weighted by Gasteiger charge is -2.07. The number of nitrogens with zero attached hydrogens (tertiary/aromatic N) is 3. The van der Waals surface area contributed by atoms with E-state index in [9.17, 15) is 9.59 Å². The van der Waals surface area contributed by atoms with Crippen LogP contribution in [0.25, 0.3) is 0 Å². The third-order valence-electron chi connectivity index (χ3n) is 5.04. The molecule has 0 bridgehead atoms. The van der Waals surface area contributed by atoms with Crippen LogP contribution in [0.15, 0.2) is 0 Å². The van der Waals surface area contributed by atoms with E-state index in [1.54, 1.807) is 0 Å². The van der Waals surface area contributed by atoms with Gasteiger partial charge in [0.25, 0.3) is 0 Å². The Morgan fingerprint density at radius 2 is 2.00 bits per heavy atom. The summed E-state index contributed by atoms with van der Waals surface area (Å²) in [7, 11) is 1.94. The number of nitrogens with one attached hydrogen (secondary N) is 1. The van der Waals surface area contributed by atoms with Gasteiger partial charge >= 0.3 is 12.1 Å². The van der Waals surface area contributed by atoms with Crippen LogP contribution in [-0.4, -0.2) is 46.8 Å². The first-order chi connectivity index (χ1) is 11.6. The Labute approximate surface area is 140 Å². The van der Waals surface area contributed by atoms with Crippen LogP contribution in [0.4, 0.5) is 4.79 Å². The number of carbonyl (C=O) groups is 2. The minimum Gasteiger partial charge on any atom is -0.464 e. The standard InChI is InChI=1S/C16H24N4O4/c1-10(21)23-8-7-17-16(22)24-9-13-11-3-5-14-15(6-4-12(11)13)20(2)19-18-14/h11-13H,3-9H2,1-2H3,(H,17,22). The fourth-order valence-electron chi connectivity index (χ4n) is 3.73. The quantitative estimate of drug-likeness (QED) is 0.632. The van der Waals surface area contributed by atoms with Gasteiger partial charge < -0.3 is 14.8 Å². The second-order valence-electron chi connectivity index (χ2n) is 6.54. The van der Waals surface area contributed by atoms with Crippen molar-refractivity contribution in [3.05, 3.63) is 11.4 Å². The van der Waals surface area contributed by atoms with Crippen molar-refractivity contribution in [3.63, 3.8) is 0 Å². The molecule has 1 aromatic rings. The first-order valence-corrected chi connectivity index (χ1v) is 8.47. The number of hydrogen-bond donors (Lipinski definition) is 1. The topological polar surface area (TPSA) is 95.3 Å². The van der Waals surface area contributed by atoms with E-state index in [1.807, 2.05) is 11.7 Å². The summed E-state index contributed by atoms with van der Waals surface area (Å²) in [6, 6.07) is 0. The highest BCUT2D eigenvalue weighted by molar-refractivity contribution is 5.67. The van der Waals surface area contributed by atoms with Crippen LogP contribution < -0.4 is 5.32 Å². The number of esters is 1. The zero-order valence-electron chi connectivity index (χ0n) is 14.2. The SMILES string of the molecule is CC(=O)OCCNC(=O)OCC1C2CCc3nnn(C)c3CCC21. The van der Waals surface area contributed by atoms with Crippen LogP contribution in [0, 0.1) is 17.8 Å². The van der Waals surface area contributed by atoms with Gasteiger partial charge in [0.1, 0.15) is 6.61 Å². The Morgan fingerprint density at radius 1 is 1.25 bits per heavy atom. The van der Waals surface area contributed by atoms with E-state index < -0.39 is 6.09 Å². The molecule has 1 fully saturated rings. The van der Waals surface area contributed by atoms with Crippen molar-refractivity contribution >= 4 is 12.1 Å². The van der Waals surface area contributed by atoms with E-state index in [-0.39, 0.29) is 19.1 Å². The number of alkyl carbamates (subject to hydrolysis) is 1. The smallest absolute Gasteiger partial charge is 0.407 e. The predicted octanol–water partition coefficient (Wildman–Crippen LogP) is 0.845. The number of aromatic nitrogens is 3. The molecule has 24 heavy (non-hydrogen) atoms. The second kappa shape index (κ2) is 7.19. The van der Waals surface area contributed by atoms with Crippen molar-refractivity contribution in [2.75, 3.05) is 19.8 Å². The molecule has 132 valence electrons. The predicted molar refractivity (Wildman–Crippen MR) is 84.1 cm³/mol. The molecule has 0 spiro atoms. The average molecular weight is 336 g/mol. The van der Waals surface area contributed by atoms with Crippen LogP contribution in [0.5, 0.6) is 0 Å². The van der Waals surface area contributed by atoms with Crippen molar-refractivity contribution in [3.8, 4) is 0 Å². The van der Waals surface area contributed by atoms with Crippen LogP contribution >= 0.6 is 0 Å². The molecule has 8 nitrogen and oxygen atoms in total. The third-order valence-corrected chi connectivity index (χ3v) is 5.04. The Morgan fingerprint density at radius 3 is 2.75 bits per heavy atom. The van der Waals surface area contributed by atoms with Gasteiger partial charge in [-0.1, -0.05) is 5.21 Å². The van der Waals surface area contributed by atoms with Gasteiger partial charge in [-0.25, -0.2) is 4.79 Å². The summed E-state index contributed by atoms with van der Waals surface area (Å²) in [6.45, 7) is 2.22. The highest BCUT2D eigenvalue weighted by atomic mass is 16.6. The number of carbonyl (C=O) groups excluding carboxylic acids is 2. The molecule has 2 aliphatic carbocycles. The summed E-state index contributed by atoms with van der Waals surface area (Å²) in [5.41, 5.74) is 2.36. The monoisotopic (exact) mass is 336 g/mol. The maximum atomic E-state index is 11.6. The minimum absolute atomic E-state index is 0.165. The lowest BCUT2D eigenvalue weighted by Crippen LogP contribution is -2.29. The van der Waals surface area contributed by atoms with Gasteiger partial charge in [0, 0.05) is 14.0 Å². The van der Waals surface area contributed by atoms with Gasteiger partial charge in [-0.05, 0) is 43.4 Å². The minimum atomic E-state index is -0.449. The first kappa shape index (κ1) is 16.7. The number of hydrogen-bond acceptors (Lipinski definition) is 6. The maximum absolute atomic E-state index is 11.6. The molecular formula is C16H24N4O4. The molecule has 1 aromatic heterocycles. The van der Waals surface area contributed by atoms with Gasteiger partial charge in [0.15, 0.2) is 0 Å². The largest absolute Gasteiger partial charge is 0.464 e. The lowest BCUT2D eigenvalue weighted by atomic mass is 10.0. The molecule has 3 unspecified atom stereocenters. The molecule has 1 amide bonds. The Balaban J connectivity index is 1.38. The van der Waals surface area contributed by atoms with Crippen LogP contribution in [0.1, 0.15) is 31.2 Å². The summed E-state index contributed by atoms with van der Waals surface area (Å²) < 4.78 is 11.9. The fraction of sp³-hybridized carbons (Fsp3) is 0.750. The van der Waals surface area contributed by atoms with Crippen molar-refractivity contribution in [1.29, 1.82) is 0 Å². The Hall–Kier alpha value is -2.12. The summed E-state index contributed by atoms with van der Waals surface area (Å²) in [5.74, 6) is 1.34. The second-order valence-corrected chi connectivity index (χ2v) is 6.54. The van der Waals surface area contributed by atoms with Crippen LogP contribution in [-0.2, 0) is 34.2 Å². The first-order valence-electron chi connectivity index (χ1n) is 8.47. The maximum Gasteiger partial charge on any atom is 0.407 e. The van der Waals surface area contributed by atoms with Crippen molar-refractivity contribution in [2.24, 2.45) is 24.8 Å². The zero-order chi connectivity index (χ0) is 17.1. The average Bonchev–Trinajstić information content (AvgIpc) is 3.06. The normalized spacial score (nSPS) is 24.8. The van der Waals surface area contributed by atoms with Gasteiger partial charge in [-0.15, -0.1) is 5.10 Å². The molecule has 0 radical (unpaired) electrons. The molecule has 0 saturated heterocycles. The van der Waals surface area contributed by atoms with Gasteiger partial charge in [0.05, 0.1) is 24.5 Å². The number of fused-ring (bicyclic) bond motifs is 2. The van der Waals surface area contributed by atoms with E-state index in [4.69, 9.17) is 9.47 Å². The van der Waals surface area contributed by atoms with Gasteiger partial charge in [-0.3, -0.25) is 9.48 Å². The van der Waals surface area contributed by atoms with Gasteiger partial charge in [-0.2, -0.15) is 0 Å². The molecule has 1 saturated carbocycles.